The van der Waals surface area contributed by atoms with Crippen LogP contribution in [-0.2, 0) is 9.53 Å². The Morgan fingerprint density at radius 1 is 1.29 bits per heavy atom. The van der Waals surface area contributed by atoms with E-state index in [0.717, 1.165) is 38.3 Å². The van der Waals surface area contributed by atoms with E-state index in [1.165, 1.54) is 39.3 Å². The highest BCUT2D eigenvalue weighted by atomic mass is 16.5. The molecule has 1 aliphatic carbocycles. The van der Waals surface area contributed by atoms with Crippen LogP contribution in [0.5, 0.6) is 0 Å². The largest absolute Gasteiger partial charge is 0.469 e. The number of methoxy groups -OCH3 is 1. The number of nitrogens with one attached hydrogen (secondary N) is 1. The fourth-order valence-corrected chi connectivity index (χ4v) is 3.41. The Balaban J connectivity index is 1.59. The van der Waals surface area contributed by atoms with Gasteiger partial charge in [-0.3, -0.25) is 9.79 Å². The lowest BCUT2D eigenvalue weighted by molar-refractivity contribution is -0.140. The number of esters is 1. The maximum atomic E-state index is 11.0. The van der Waals surface area contributed by atoms with Crippen molar-refractivity contribution in [3.05, 3.63) is 0 Å². The molecule has 0 aromatic heterocycles. The van der Waals surface area contributed by atoms with Crippen molar-refractivity contribution >= 4 is 11.9 Å². The lowest BCUT2D eigenvalue weighted by atomic mass is 9.68. The second-order valence-electron chi connectivity index (χ2n) is 6.39. The molecule has 0 radical (unpaired) electrons. The molecule has 0 amide bonds. The van der Waals surface area contributed by atoms with Gasteiger partial charge in [-0.1, -0.05) is 12.8 Å². The van der Waals surface area contributed by atoms with E-state index in [0.29, 0.717) is 11.8 Å². The van der Waals surface area contributed by atoms with E-state index in [9.17, 15) is 4.79 Å². The molecule has 1 saturated carbocycles. The molecule has 0 bridgehead atoms. The first kappa shape index (κ1) is 16.1. The lowest BCUT2D eigenvalue weighted by Crippen LogP contribution is -2.42. The van der Waals surface area contributed by atoms with Gasteiger partial charge in [-0.15, -0.1) is 0 Å². The van der Waals surface area contributed by atoms with E-state index in [4.69, 9.17) is 0 Å². The van der Waals surface area contributed by atoms with E-state index in [1.54, 1.807) is 0 Å². The Kier molecular flexibility index (Phi) is 5.88. The van der Waals surface area contributed by atoms with Crippen LogP contribution in [0.2, 0.25) is 0 Å². The predicted molar refractivity (Wildman–Crippen MR) is 84.3 cm³/mol. The van der Waals surface area contributed by atoms with Crippen LogP contribution in [0.15, 0.2) is 4.99 Å². The van der Waals surface area contributed by atoms with Crippen molar-refractivity contribution in [2.24, 2.45) is 10.4 Å². The molecule has 0 aromatic carbocycles. The Hall–Kier alpha value is -1.26. The summed E-state index contributed by atoms with van der Waals surface area (Å²) in [6, 6.07) is 0. The van der Waals surface area contributed by atoms with Gasteiger partial charge in [0.25, 0.3) is 0 Å². The van der Waals surface area contributed by atoms with E-state index >= 15 is 0 Å². The summed E-state index contributed by atoms with van der Waals surface area (Å²) in [7, 11) is 3.31. The molecule has 2 rings (SSSR count). The summed E-state index contributed by atoms with van der Waals surface area (Å²) in [6.07, 6.45) is 9.06. The number of carbonyl (C=O) groups excluding carboxylic acids is 1. The van der Waals surface area contributed by atoms with Gasteiger partial charge in [-0.05, 0) is 37.5 Å². The van der Waals surface area contributed by atoms with Gasteiger partial charge in [-0.2, -0.15) is 0 Å². The van der Waals surface area contributed by atoms with Crippen molar-refractivity contribution in [2.75, 3.05) is 33.8 Å². The van der Waals surface area contributed by atoms with Crippen LogP contribution in [0.4, 0.5) is 0 Å². The van der Waals surface area contributed by atoms with Gasteiger partial charge < -0.3 is 15.0 Å². The molecule has 120 valence electrons. The lowest BCUT2D eigenvalue weighted by Gasteiger charge is -2.38. The molecular formula is C16H29N3O2. The number of likely N-dealkylation sites (tertiary alicyclic amines) is 1. The van der Waals surface area contributed by atoms with Gasteiger partial charge in [0, 0.05) is 33.1 Å². The molecule has 5 nitrogen and oxygen atoms in total. The molecule has 5 heteroatoms. The van der Waals surface area contributed by atoms with Crippen LogP contribution in [0.3, 0.4) is 0 Å². The molecule has 0 unspecified atom stereocenters. The van der Waals surface area contributed by atoms with Crippen LogP contribution < -0.4 is 5.32 Å². The topological polar surface area (TPSA) is 53.9 Å². The van der Waals surface area contributed by atoms with Crippen LogP contribution in [0, 0.1) is 5.41 Å². The number of hydrogen-bond donors (Lipinski definition) is 1. The van der Waals surface area contributed by atoms with E-state index in [1.807, 2.05) is 7.05 Å². The number of nitrogens with zero attached hydrogens (tertiary/aromatic N) is 2. The number of unbranched alkanes of at least 4 members (excludes halogenated alkanes) is 2. The van der Waals surface area contributed by atoms with Crippen molar-refractivity contribution in [1.82, 2.24) is 10.2 Å². The predicted octanol–water partition coefficient (Wildman–Crippen LogP) is 2.17. The van der Waals surface area contributed by atoms with Gasteiger partial charge >= 0.3 is 5.97 Å². The average Bonchev–Trinajstić information content (AvgIpc) is 2.91. The quantitative estimate of drug-likeness (QED) is 0.353. The van der Waals surface area contributed by atoms with Crippen molar-refractivity contribution in [1.29, 1.82) is 0 Å². The zero-order valence-electron chi connectivity index (χ0n) is 13.5. The SMILES string of the molecule is CN=C(NCCCCCC(=O)OC)N1CCC2(CCC2)C1. The summed E-state index contributed by atoms with van der Waals surface area (Å²) < 4.78 is 4.64. The number of rotatable bonds is 6. The smallest absolute Gasteiger partial charge is 0.305 e. The maximum Gasteiger partial charge on any atom is 0.305 e. The summed E-state index contributed by atoms with van der Waals surface area (Å²) >= 11 is 0. The Bertz CT molecular complexity index is 378. The number of carbonyl (C=O) groups is 1. The normalized spacial score (nSPS) is 20.5. The zero-order valence-corrected chi connectivity index (χ0v) is 13.5. The molecule has 1 heterocycles. The number of hydrogen-bond acceptors (Lipinski definition) is 3. The van der Waals surface area contributed by atoms with E-state index in [-0.39, 0.29) is 5.97 Å². The van der Waals surface area contributed by atoms with Crippen LogP contribution in [0.25, 0.3) is 0 Å². The first-order chi connectivity index (χ1) is 10.2. The molecule has 21 heavy (non-hydrogen) atoms. The third kappa shape index (κ3) is 4.35. The summed E-state index contributed by atoms with van der Waals surface area (Å²) in [5.74, 6) is 0.938. The molecule has 1 spiro atoms. The van der Waals surface area contributed by atoms with Gasteiger partial charge in [0.1, 0.15) is 0 Å². The minimum Gasteiger partial charge on any atom is -0.469 e. The zero-order chi connectivity index (χ0) is 15.1. The maximum absolute atomic E-state index is 11.0. The van der Waals surface area contributed by atoms with Crippen molar-refractivity contribution < 1.29 is 9.53 Å². The molecule has 1 aliphatic heterocycles. The fraction of sp³-hybridized carbons (Fsp3) is 0.875. The minimum absolute atomic E-state index is 0.110. The molecule has 2 aliphatic rings. The third-order valence-corrected chi connectivity index (χ3v) is 4.93. The summed E-state index contributed by atoms with van der Waals surface area (Å²) in [5, 5.41) is 3.46. The molecule has 1 saturated heterocycles. The monoisotopic (exact) mass is 295 g/mol. The number of guanidine groups is 1. The molecule has 2 fully saturated rings. The highest BCUT2D eigenvalue weighted by Crippen LogP contribution is 2.47. The summed E-state index contributed by atoms with van der Waals surface area (Å²) in [5.41, 5.74) is 0.609. The number of ether oxygens (including phenoxy) is 1. The molecule has 0 atom stereocenters. The standard InChI is InChI=1S/C16H29N3O2/c1-17-15(18-11-5-3-4-7-14(20)21-2)19-12-10-16(13-19)8-6-9-16/h3-13H2,1-2H3,(H,17,18). The minimum atomic E-state index is -0.110. The van der Waals surface area contributed by atoms with Crippen LogP contribution in [0.1, 0.15) is 51.4 Å². The fourth-order valence-electron chi connectivity index (χ4n) is 3.41. The second-order valence-corrected chi connectivity index (χ2v) is 6.39. The van der Waals surface area contributed by atoms with Crippen molar-refractivity contribution in [2.45, 2.75) is 51.4 Å². The first-order valence-electron chi connectivity index (χ1n) is 8.21. The number of aliphatic imine (C=N–C) groups is 1. The van der Waals surface area contributed by atoms with Crippen molar-refractivity contribution in [3.63, 3.8) is 0 Å². The average molecular weight is 295 g/mol. The Morgan fingerprint density at radius 3 is 2.67 bits per heavy atom. The van der Waals surface area contributed by atoms with Crippen molar-refractivity contribution in [3.8, 4) is 0 Å². The highest BCUT2D eigenvalue weighted by Gasteiger charge is 2.43. The molecule has 0 aromatic rings. The summed E-state index contributed by atoms with van der Waals surface area (Å²) in [4.78, 5) is 17.8. The first-order valence-corrected chi connectivity index (χ1v) is 8.21. The van der Waals surface area contributed by atoms with Gasteiger partial charge in [0.15, 0.2) is 5.96 Å². The van der Waals surface area contributed by atoms with E-state index < -0.39 is 0 Å². The van der Waals surface area contributed by atoms with Crippen LogP contribution in [-0.4, -0.2) is 50.6 Å². The third-order valence-electron chi connectivity index (χ3n) is 4.93. The van der Waals surface area contributed by atoms with Gasteiger partial charge in [-0.25, -0.2) is 0 Å². The second kappa shape index (κ2) is 7.66. The highest BCUT2D eigenvalue weighted by molar-refractivity contribution is 5.80. The molecule has 1 N–H and O–H groups in total. The van der Waals surface area contributed by atoms with Gasteiger partial charge in [0.2, 0.25) is 0 Å². The Labute approximate surface area is 128 Å². The van der Waals surface area contributed by atoms with Gasteiger partial charge in [0.05, 0.1) is 7.11 Å². The Morgan fingerprint density at radius 2 is 2.10 bits per heavy atom. The van der Waals surface area contributed by atoms with E-state index in [2.05, 4.69) is 19.9 Å². The molecular weight excluding hydrogens is 266 g/mol. The van der Waals surface area contributed by atoms with Crippen LogP contribution >= 0.6 is 0 Å². The summed E-state index contributed by atoms with van der Waals surface area (Å²) in [6.45, 7) is 3.24.